The molecule has 1 heterocycles. The molecule has 1 saturated heterocycles. The maximum atomic E-state index is 12.8. The van der Waals surface area contributed by atoms with Crippen molar-refractivity contribution in [2.45, 2.75) is 51.0 Å². The Morgan fingerprint density at radius 3 is 2.52 bits per heavy atom. The summed E-state index contributed by atoms with van der Waals surface area (Å²) in [5.41, 5.74) is 0.902. The number of carbonyl (C=O) groups is 3. The number of hydrogen-bond donors (Lipinski definition) is 2. The van der Waals surface area contributed by atoms with Gasteiger partial charge in [-0.1, -0.05) is 49.1 Å². The molecular weight excluding hydrogens is 394 g/mol. The number of amides is 4. The van der Waals surface area contributed by atoms with Gasteiger partial charge >= 0.3 is 6.03 Å². The third-order valence-corrected chi connectivity index (χ3v) is 5.93. The first-order valence-electron chi connectivity index (χ1n) is 10.7. The quantitative estimate of drug-likeness (QED) is 0.678. The van der Waals surface area contributed by atoms with E-state index in [0.717, 1.165) is 24.8 Å². The maximum absolute atomic E-state index is 12.8. The SMILES string of the molecule is Cc1ccc(Oc2ccccc2NC(=O)CCN2C(=O)NC3(CCCCC3)C2=O)cc1. The molecule has 4 amide bonds. The van der Waals surface area contributed by atoms with E-state index in [9.17, 15) is 14.4 Å². The van der Waals surface area contributed by atoms with Crippen LogP contribution in [-0.4, -0.2) is 34.8 Å². The van der Waals surface area contributed by atoms with Gasteiger partial charge in [-0.3, -0.25) is 14.5 Å². The monoisotopic (exact) mass is 421 g/mol. The second-order valence-corrected chi connectivity index (χ2v) is 8.24. The van der Waals surface area contributed by atoms with Crippen molar-refractivity contribution in [3.05, 3.63) is 54.1 Å². The number of aryl methyl sites for hydroxylation is 1. The van der Waals surface area contributed by atoms with Gasteiger partial charge in [-0.2, -0.15) is 0 Å². The second-order valence-electron chi connectivity index (χ2n) is 8.24. The Balaban J connectivity index is 1.37. The lowest BCUT2D eigenvalue weighted by Gasteiger charge is -2.30. The largest absolute Gasteiger partial charge is 0.455 e. The van der Waals surface area contributed by atoms with Crippen molar-refractivity contribution in [1.29, 1.82) is 0 Å². The zero-order chi connectivity index (χ0) is 21.8. The summed E-state index contributed by atoms with van der Waals surface area (Å²) >= 11 is 0. The molecule has 1 aliphatic carbocycles. The molecule has 1 aliphatic heterocycles. The van der Waals surface area contributed by atoms with Gasteiger partial charge < -0.3 is 15.4 Å². The lowest BCUT2D eigenvalue weighted by atomic mass is 9.82. The number of urea groups is 1. The van der Waals surface area contributed by atoms with Crippen LogP contribution in [0.4, 0.5) is 10.5 Å². The van der Waals surface area contributed by atoms with Crippen molar-refractivity contribution in [2.24, 2.45) is 0 Å². The molecule has 7 nitrogen and oxygen atoms in total. The minimum absolute atomic E-state index is 0.0219. The first kappa shape index (κ1) is 20.9. The van der Waals surface area contributed by atoms with E-state index in [1.165, 1.54) is 4.90 Å². The van der Waals surface area contributed by atoms with E-state index in [-0.39, 0.29) is 24.8 Å². The third-order valence-electron chi connectivity index (χ3n) is 5.93. The highest BCUT2D eigenvalue weighted by atomic mass is 16.5. The Kier molecular flexibility index (Phi) is 5.93. The molecule has 2 aliphatic rings. The molecule has 1 spiro atoms. The van der Waals surface area contributed by atoms with E-state index in [1.807, 2.05) is 43.3 Å². The number of nitrogens with one attached hydrogen (secondary N) is 2. The van der Waals surface area contributed by atoms with Crippen LogP contribution in [-0.2, 0) is 9.59 Å². The summed E-state index contributed by atoms with van der Waals surface area (Å²) in [6, 6.07) is 14.4. The number of benzene rings is 2. The molecule has 0 atom stereocenters. The molecule has 2 aromatic carbocycles. The minimum Gasteiger partial charge on any atom is -0.455 e. The van der Waals surface area contributed by atoms with Gasteiger partial charge in [0, 0.05) is 13.0 Å². The molecule has 1 saturated carbocycles. The average Bonchev–Trinajstić information content (AvgIpc) is 2.99. The van der Waals surface area contributed by atoms with Crippen molar-refractivity contribution in [3.63, 3.8) is 0 Å². The van der Waals surface area contributed by atoms with Crippen LogP contribution in [0.25, 0.3) is 0 Å². The highest BCUT2D eigenvalue weighted by Gasteiger charge is 2.51. The number of imide groups is 1. The molecule has 2 N–H and O–H groups in total. The van der Waals surface area contributed by atoms with Gasteiger partial charge in [0.1, 0.15) is 11.3 Å². The first-order valence-corrected chi connectivity index (χ1v) is 10.7. The van der Waals surface area contributed by atoms with E-state index in [0.29, 0.717) is 30.0 Å². The fourth-order valence-corrected chi connectivity index (χ4v) is 4.19. The molecule has 162 valence electrons. The van der Waals surface area contributed by atoms with Crippen molar-refractivity contribution < 1.29 is 19.1 Å². The fourth-order valence-electron chi connectivity index (χ4n) is 4.19. The summed E-state index contributed by atoms with van der Waals surface area (Å²) in [4.78, 5) is 38.9. The molecule has 2 aromatic rings. The van der Waals surface area contributed by atoms with E-state index < -0.39 is 11.6 Å². The van der Waals surface area contributed by atoms with Crippen molar-refractivity contribution in [1.82, 2.24) is 10.2 Å². The topological polar surface area (TPSA) is 87.7 Å². The minimum atomic E-state index is -0.764. The Hall–Kier alpha value is -3.35. The predicted octanol–water partition coefficient (Wildman–Crippen LogP) is 4.37. The van der Waals surface area contributed by atoms with E-state index in [1.54, 1.807) is 12.1 Å². The molecular formula is C24H27N3O4. The predicted molar refractivity (Wildman–Crippen MR) is 117 cm³/mol. The van der Waals surface area contributed by atoms with Gasteiger partial charge in [-0.05, 0) is 44.0 Å². The van der Waals surface area contributed by atoms with Crippen LogP contribution in [0.3, 0.4) is 0 Å². The molecule has 31 heavy (non-hydrogen) atoms. The van der Waals surface area contributed by atoms with Crippen LogP contribution < -0.4 is 15.4 Å². The molecule has 0 unspecified atom stereocenters. The first-order chi connectivity index (χ1) is 15.0. The lowest BCUT2D eigenvalue weighted by Crippen LogP contribution is -2.48. The summed E-state index contributed by atoms with van der Waals surface area (Å²) in [5.74, 6) is 0.707. The number of para-hydroxylation sites is 2. The summed E-state index contributed by atoms with van der Waals surface area (Å²) in [6.07, 6.45) is 4.30. The molecule has 0 aromatic heterocycles. The highest BCUT2D eigenvalue weighted by Crippen LogP contribution is 2.34. The molecule has 0 radical (unpaired) electrons. The fraction of sp³-hybridized carbons (Fsp3) is 0.375. The van der Waals surface area contributed by atoms with Crippen LogP contribution >= 0.6 is 0 Å². The molecule has 4 rings (SSSR count). The number of rotatable bonds is 6. The Morgan fingerprint density at radius 2 is 1.77 bits per heavy atom. The third kappa shape index (κ3) is 4.55. The number of anilines is 1. The van der Waals surface area contributed by atoms with Crippen molar-refractivity contribution in [3.8, 4) is 11.5 Å². The van der Waals surface area contributed by atoms with Gasteiger partial charge in [0.05, 0.1) is 5.69 Å². The zero-order valence-corrected chi connectivity index (χ0v) is 17.6. The van der Waals surface area contributed by atoms with Crippen LogP contribution in [0.1, 0.15) is 44.1 Å². The van der Waals surface area contributed by atoms with Gasteiger partial charge in [-0.15, -0.1) is 0 Å². The standard InChI is InChI=1S/C24H27N3O4/c1-17-9-11-18(12-10-17)31-20-8-4-3-7-19(20)25-21(28)13-16-27-22(29)24(26-23(27)30)14-5-2-6-15-24/h3-4,7-12H,2,5-6,13-16H2,1H3,(H,25,28)(H,26,30). The number of nitrogens with zero attached hydrogens (tertiary/aromatic N) is 1. The van der Waals surface area contributed by atoms with Gasteiger partial charge in [0.15, 0.2) is 5.75 Å². The van der Waals surface area contributed by atoms with Crippen LogP contribution in [0.15, 0.2) is 48.5 Å². The smallest absolute Gasteiger partial charge is 0.325 e. The maximum Gasteiger partial charge on any atom is 0.325 e. The lowest BCUT2D eigenvalue weighted by molar-refractivity contribution is -0.132. The Labute approximate surface area is 181 Å². The van der Waals surface area contributed by atoms with E-state index >= 15 is 0 Å². The zero-order valence-electron chi connectivity index (χ0n) is 17.6. The van der Waals surface area contributed by atoms with E-state index in [2.05, 4.69) is 10.6 Å². The normalized spacial score (nSPS) is 17.5. The number of ether oxygens (including phenoxy) is 1. The highest BCUT2D eigenvalue weighted by molar-refractivity contribution is 6.07. The number of hydrogen-bond acceptors (Lipinski definition) is 4. The van der Waals surface area contributed by atoms with Crippen LogP contribution in [0.2, 0.25) is 0 Å². The number of carbonyl (C=O) groups excluding carboxylic acids is 3. The molecule has 0 bridgehead atoms. The van der Waals surface area contributed by atoms with Gasteiger partial charge in [0.2, 0.25) is 5.91 Å². The summed E-state index contributed by atoms with van der Waals surface area (Å²) in [7, 11) is 0. The van der Waals surface area contributed by atoms with E-state index in [4.69, 9.17) is 4.74 Å². The van der Waals surface area contributed by atoms with Gasteiger partial charge in [0.25, 0.3) is 5.91 Å². The summed E-state index contributed by atoms with van der Waals surface area (Å²) in [6.45, 7) is 2.05. The summed E-state index contributed by atoms with van der Waals surface area (Å²) in [5, 5.41) is 5.70. The van der Waals surface area contributed by atoms with Crippen LogP contribution in [0, 0.1) is 6.92 Å². The second kappa shape index (κ2) is 8.79. The Morgan fingerprint density at radius 1 is 1.06 bits per heavy atom. The molecule has 7 heteroatoms. The Bertz CT molecular complexity index is 981. The van der Waals surface area contributed by atoms with Crippen LogP contribution in [0.5, 0.6) is 11.5 Å². The van der Waals surface area contributed by atoms with Gasteiger partial charge in [-0.25, -0.2) is 4.79 Å². The summed E-state index contributed by atoms with van der Waals surface area (Å²) < 4.78 is 5.91. The van der Waals surface area contributed by atoms with Crippen molar-refractivity contribution in [2.75, 3.05) is 11.9 Å². The average molecular weight is 421 g/mol. The molecule has 2 fully saturated rings. The van der Waals surface area contributed by atoms with Crippen molar-refractivity contribution >= 4 is 23.5 Å².